The number of rotatable bonds is 7. The van der Waals surface area contributed by atoms with Gasteiger partial charge >= 0.3 is 5.97 Å². The molecule has 1 aromatic rings. The fourth-order valence-electron chi connectivity index (χ4n) is 4.57. The van der Waals surface area contributed by atoms with E-state index in [2.05, 4.69) is 5.32 Å². The quantitative estimate of drug-likeness (QED) is 0.148. The van der Waals surface area contributed by atoms with Crippen LogP contribution in [0.5, 0.6) is 23.0 Å². The van der Waals surface area contributed by atoms with Crippen LogP contribution in [-0.2, 0) is 19.1 Å². The minimum absolute atomic E-state index is 0.0290. The van der Waals surface area contributed by atoms with Crippen LogP contribution < -0.4 is 11.1 Å². The summed E-state index contributed by atoms with van der Waals surface area (Å²) in [5, 5.41) is 45.7. The number of esters is 1. The molecular formula is C24H32N2O8. The molecule has 0 radical (unpaired) electrons. The molecule has 0 saturated heterocycles. The number of dihydropyridines is 1. The summed E-state index contributed by atoms with van der Waals surface area (Å²) < 4.78 is 10.8. The summed E-state index contributed by atoms with van der Waals surface area (Å²) in [5.74, 6) is -5.23. The summed E-state index contributed by atoms with van der Waals surface area (Å²) in [6, 6.07) is 0. The van der Waals surface area contributed by atoms with E-state index in [0.717, 1.165) is 0 Å². The molecule has 1 aliphatic heterocycles. The van der Waals surface area contributed by atoms with Crippen molar-refractivity contribution < 1.29 is 39.5 Å². The fraction of sp³-hybridized carbons (Fsp3) is 0.500. The number of carbonyl (C=O) groups is 2. The molecule has 1 unspecified atom stereocenters. The highest BCUT2D eigenvalue weighted by Gasteiger charge is 2.46. The maximum atomic E-state index is 13.4. The summed E-state index contributed by atoms with van der Waals surface area (Å²) in [7, 11) is 0. The van der Waals surface area contributed by atoms with Crippen LogP contribution in [0.1, 0.15) is 50.7 Å². The van der Waals surface area contributed by atoms with Crippen LogP contribution >= 0.6 is 0 Å². The smallest absolute Gasteiger partial charge is 0.336 e. The average molecular weight is 477 g/mol. The van der Waals surface area contributed by atoms with Crippen molar-refractivity contribution in [2.75, 3.05) is 26.4 Å². The number of aromatic hydroxyl groups is 4. The molecule has 1 atom stereocenters. The zero-order chi connectivity index (χ0) is 25.4. The van der Waals surface area contributed by atoms with E-state index in [0.29, 0.717) is 12.1 Å². The second-order valence-corrected chi connectivity index (χ2v) is 9.28. The monoisotopic (exact) mass is 476 g/mol. The van der Waals surface area contributed by atoms with E-state index >= 15 is 0 Å². The van der Waals surface area contributed by atoms with Gasteiger partial charge in [0.05, 0.1) is 42.6 Å². The lowest BCUT2D eigenvalue weighted by Crippen LogP contribution is -2.40. The van der Waals surface area contributed by atoms with Gasteiger partial charge in [0.1, 0.15) is 0 Å². The highest BCUT2D eigenvalue weighted by atomic mass is 16.5. The highest BCUT2D eigenvalue weighted by molar-refractivity contribution is 6.04. The van der Waals surface area contributed by atoms with Crippen molar-refractivity contribution in [2.24, 2.45) is 11.1 Å². The predicted octanol–water partition coefficient (Wildman–Crippen LogP) is 1.94. The lowest BCUT2D eigenvalue weighted by Gasteiger charge is -2.40. The third-order valence-electron chi connectivity index (χ3n) is 6.09. The van der Waals surface area contributed by atoms with Gasteiger partial charge in [0.2, 0.25) is 0 Å². The van der Waals surface area contributed by atoms with Crippen LogP contribution in [0.3, 0.4) is 0 Å². The molecule has 186 valence electrons. The molecule has 2 aliphatic rings. The van der Waals surface area contributed by atoms with Gasteiger partial charge in [-0.25, -0.2) is 4.79 Å². The first-order chi connectivity index (χ1) is 15.9. The van der Waals surface area contributed by atoms with Crippen molar-refractivity contribution in [3.8, 4) is 23.0 Å². The first-order valence-corrected chi connectivity index (χ1v) is 11.1. The van der Waals surface area contributed by atoms with Gasteiger partial charge in [-0.2, -0.15) is 0 Å². The van der Waals surface area contributed by atoms with E-state index in [1.165, 1.54) is 6.92 Å². The molecule has 10 nitrogen and oxygen atoms in total. The van der Waals surface area contributed by atoms with E-state index in [9.17, 15) is 30.0 Å². The number of nitrogens with one attached hydrogen (secondary N) is 1. The number of allylic oxidation sites excluding steroid dienone is 2. The number of hydrogen-bond acceptors (Lipinski definition) is 10. The molecule has 0 saturated carbocycles. The van der Waals surface area contributed by atoms with Gasteiger partial charge in [0.25, 0.3) is 0 Å². The average Bonchev–Trinajstić information content (AvgIpc) is 2.75. The van der Waals surface area contributed by atoms with E-state index in [4.69, 9.17) is 15.2 Å². The van der Waals surface area contributed by atoms with Gasteiger partial charge in [-0.05, 0) is 25.7 Å². The van der Waals surface area contributed by atoms with Crippen molar-refractivity contribution in [1.29, 1.82) is 0 Å². The van der Waals surface area contributed by atoms with E-state index in [1.54, 1.807) is 6.92 Å². The Bertz CT molecular complexity index is 1060. The van der Waals surface area contributed by atoms with Gasteiger partial charge in [0.15, 0.2) is 28.8 Å². The van der Waals surface area contributed by atoms with Crippen molar-refractivity contribution >= 4 is 11.8 Å². The molecule has 0 fully saturated rings. The predicted molar refractivity (Wildman–Crippen MR) is 122 cm³/mol. The van der Waals surface area contributed by atoms with Gasteiger partial charge in [-0.15, -0.1) is 0 Å². The Balaban J connectivity index is 2.35. The maximum absolute atomic E-state index is 13.4. The van der Waals surface area contributed by atoms with Crippen LogP contribution in [0.25, 0.3) is 0 Å². The molecule has 0 aromatic heterocycles. The van der Waals surface area contributed by atoms with Crippen molar-refractivity contribution in [3.63, 3.8) is 0 Å². The summed E-state index contributed by atoms with van der Waals surface area (Å²) in [6.07, 6.45) is 0.594. The first kappa shape index (κ1) is 25.4. The molecule has 1 aliphatic carbocycles. The SMILES string of the molecule is CCOC(=O)C1=C(COCCN)NC2=C(C(=O)CC(C)(C)C2)C1c1c(O)c(O)c(C)c(O)c1O. The number of hydrogen-bond donors (Lipinski definition) is 6. The second kappa shape index (κ2) is 9.55. The van der Waals surface area contributed by atoms with E-state index in [-0.39, 0.29) is 72.0 Å². The number of nitrogens with two attached hydrogens (primary N) is 1. The number of phenolic OH excluding ortho intramolecular Hbond substituents is 4. The number of benzene rings is 1. The zero-order valence-corrected chi connectivity index (χ0v) is 19.8. The summed E-state index contributed by atoms with van der Waals surface area (Å²) in [5.41, 5.74) is 5.49. The highest BCUT2D eigenvalue weighted by Crippen LogP contribution is 2.55. The molecule has 7 N–H and O–H groups in total. The van der Waals surface area contributed by atoms with Crippen LogP contribution in [0, 0.1) is 12.3 Å². The Morgan fingerprint density at radius 1 is 1.12 bits per heavy atom. The molecule has 1 heterocycles. The Kier molecular flexibility index (Phi) is 7.13. The molecular weight excluding hydrogens is 444 g/mol. The summed E-state index contributed by atoms with van der Waals surface area (Å²) in [4.78, 5) is 26.5. The molecule has 3 rings (SSSR count). The molecule has 1 aromatic carbocycles. The lowest BCUT2D eigenvalue weighted by molar-refractivity contribution is -0.139. The van der Waals surface area contributed by atoms with Gasteiger partial charge in [-0.1, -0.05) is 13.8 Å². The standard InChI is InChI=1S/C24H32N2O8/c1-5-34-23(32)16-13(10-33-7-6-25)26-12-8-24(3,4)9-14(27)15(12)17(16)18-21(30)19(28)11(2)20(29)22(18)31/h17,26,28-31H,5-10,25H2,1-4H3. The summed E-state index contributed by atoms with van der Waals surface area (Å²) >= 11 is 0. The lowest BCUT2D eigenvalue weighted by atomic mass is 9.68. The Morgan fingerprint density at radius 3 is 2.29 bits per heavy atom. The number of carbonyl (C=O) groups excluding carboxylic acids is 2. The van der Waals surface area contributed by atoms with Crippen LogP contribution in [0.4, 0.5) is 0 Å². The van der Waals surface area contributed by atoms with Gasteiger partial charge in [-0.3, -0.25) is 4.79 Å². The topological polar surface area (TPSA) is 172 Å². The number of ketones is 1. The van der Waals surface area contributed by atoms with E-state index in [1.807, 2.05) is 13.8 Å². The van der Waals surface area contributed by atoms with Gasteiger partial charge in [0, 0.05) is 29.8 Å². The fourth-order valence-corrected chi connectivity index (χ4v) is 4.57. The van der Waals surface area contributed by atoms with Gasteiger partial charge < -0.3 is 41.0 Å². The molecule has 0 amide bonds. The van der Waals surface area contributed by atoms with Crippen molar-refractivity contribution in [1.82, 2.24) is 5.32 Å². The largest absolute Gasteiger partial charge is 0.504 e. The Morgan fingerprint density at radius 2 is 1.74 bits per heavy atom. The summed E-state index contributed by atoms with van der Waals surface area (Å²) in [6.45, 7) is 7.17. The van der Waals surface area contributed by atoms with Crippen LogP contribution in [-0.4, -0.2) is 58.5 Å². The van der Waals surface area contributed by atoms with E-state index < -0.39 is 34.9 Å². The molecule has 0 spiro atoms. The van der Waals surface area contributed by atoms with Crippen LogP contribution in [0.2, 0.25) is 0 Å². The molecule has 10 heteroatoms. The second-order valence-electron chi connectivity index (χ2n) is 9.28. The minimum atomic E-state index is -1.31. The Hall–Kier alpha value is -3.24. The number of phenols is 4. The third-order valence-corrected chi connectivity index (χ3v) is 6.09. The minimum Gasteiger partial charge on any atom is -0.504 e. The third kappa shape index (κ3) is 4.43. The van der Waals surface area contributed by atoms with Crippen molar-refractivity contribution in [3.05, 3.63) is 33.7 Å². The van der Waals surface area contributed by atoms with Crippen LogP contribution in [0.15, 0.2) is 22.5 Å². The molecule has 0 bridgehead atoms. The molecule has 34 heavy (non-hydrogen) atoms. The first-order valence-electron chi connectivity index (χ1n) is 11.1. The maximum Gasteiger partial charge on any atom is 0.336 e. The Labute approximate surface area is 197 Å². The van der Waals surface area contributed by atoms with Crippen molar-refractivity contribution in [2.45, 2.75) is 46.5 Å². The normalized spacial score (nSPS) is 19.7. The zero-order valence-electron chi connectivity index (χ0n) is 19.8. The number of Topliss-reactive ketones (excluding diaryl/α,β-unsaturated/α-hetero) is 1. The number of ether oxygens (including phenoxy) is 2.